The highest BCUT2D eigenvalue weighted by Crippen LogP contribution is 2.28. The molecule has 2 aliphatic rings. The van der Waals surface area contributed by atoms with Crippen molar-refractivity contribution >= 4 is 17.5 Å². The van der Waals surface area contributed by atoms with E-state index >= 15 is 0 Å². The van der Waals surface area contributed by atoms with Gasteiger partial charge in [0.15, 0.2) is 0 Å². The molecule has 0 radical (unpaired) electrons. The van der Waals surface area contributed by atoms with Gasteiger partial charge >= 0.3 is 0 Å². The molecule has 0 aromatic heterocycles. The second-order valence-corrected chi connectivity index (χ2v) is 7.74. The van der Waals surface area contributed by atoms with Gasteiger partial charge < -0.3 is 14.5 Å². The lowest BCUT2D eigenvalue weighted by Gasteiger charge is -2.37. The Bertz CT molecular complexity index is 758. The zero-order chi connectivity index (χ0) is 20.3. The number of piperidine rings is 2. The SMILES string of the molecule is COc1ccc([N+](=O)[O-])cc1C(=O)N1CCC(C(=O)N2CCC[C@@H](C)C2)CC1. The molecule has 0 unspecified atom stereocenters. The molecule has 152 valence electrons. The molecule has 3 rings (SSSR count). The third-order valence-electron chi connectivity index (χ3n) is 5.72. The quantitative estimate of drug-likeness (QED) is 0.583. The summed E-state index contributed by atoms with van der Waals surface area (Å²) in [5.74, 6) is 0.711. The zero-order valence-electron chi connectivity index (χ0n) is 16.4. The number of rotatable bonds is 4. The predicted octanol–water partition coefficient (Wildman–Crippen LogP) is 2.71. The number of carbonyl (C=O) groups excluding carboxylic acids is 2. The Kier molecular flexibility index (Phi) is 6.16. The van der Waals surface area contributed by atoms with E-state index in [0.29, 0.717) is 37.6 Å². The molecule has 1 aromatic carbocycles. The monoisotopic (exact) mass is 389 g/mol. The number of carbonyl (C=O) groups is 2. The molecule has 1 atom stereocenters. The maximum Gasteiger partial charge on any atom is 0.270 e. The fourth-order valence-corrected chi connectivity index (χ4v) is 4.12. The predicted molar refractivity (Wildman–Crippen MR) is 103 cm³/mol. The molecule has 8 nitrogen and oxygen atoms in total. The lowest BCUT2D eigenvalue weighted by atomic mass is 9.92. The third-order valence-corrected chi connectivity index (χ3v) is 5.72. The van der Waals surface area contributed by atoms with Gasteiger partial charge in [-0.05, 0) is 37.7 Å². The van der Waals surface area contributed by atoms with Gasteiger partial charge in [0.05, 0.1) is 17.6 Å². The van der Waals surface area contributed by atoms with Crippen LogP contribution in [0.5, 0.6) is 5.75 Å². The van der Waals surface area contributed by atoms with Crippen LogP contribution in [-0.4, -0.2) is 59.8 Å². The minimum absolute atomic E-state index is 0.0543. The Labute approximate surface area is 164 Å². The first kappa shape index (κ1) is 20.1. The van der Waals surface area contributed by atoms with Gasteiger partial charge in [0.25, 0.3) is 11.6 Å². The first-order valence-corrected chi connectivity index (χ1v) is 9.81. The molecule has 28 heavy (non-hydrogen) atoms. The van der Waals surface area contributed by atoms with Crippen LogP contribution in [0, 0.1) is 22.0 Å². The van der Waals surface area contributed by atoms with Gasteiger partial charge in [0.2, 0.25) is 5.91 Å². The number of amides is 2. The summed E-state index contributed by atoms with van der Waals surface area (Å²) in [4.78, 5) is 39.8. The van der Waals surface area contributed by atoms with E-state index in [0.717, 1.165) is 19.5 Å². The number of benzene rings is 1. The molecule has 2 amide bonds. The fourth-order valence-electron chi connectivity index (χ4n) is 4.12. The Hall–Kier alpha value is -2.64. The number of hydrogen-bond donors (Lipinski definition) is 0. The lowest BCUT2D eigenvalue weighted by Crippen LogP contribution is -2.47. The standard InChI is InChI=1S/C20H27N3O5/c1-14-4-3-9-22(13-14)19(24)15-7-10-21(11-8-15)20(25)17-12-16(23(26)27)5-6-18(17)28-2/h5-6,12,14-15H,3-4,7-11,13H2,1-2H3/t14-/m1/s1. The minimum atomic E-state index is -0.527. The van der Waals surface area contributed by atoms with Crippen molar-refractivity contribution < 1.29 is 19.2 Å². The summed E-state index contributed by atoms with van der Waals surface area (Å²) >= 11 is 0. The molecule has 2 fully saturated rings. The summed E-state index contributed by atoms with van der Waals surface area (Å²) in [5.41, 5.74) is 0.0414. The number of methoxy groups -OCH3 is 1. The second-order valence-electron chi connectivity index (χ2n) is 7.74. The van der Waals surface area contributed by atoms with E-state index in [4.69, 9.17) is 4.74 Å². The van der Waals surface area contributed by atoms with Gasteiger partial charge in [0.1, 0.15) is 5.75 Å². The number of nitro groups is 1. The van der Waals surface area contributed by atoms with Gasteiger partial charge in [-0.2, -0.15) is 0 Å². The minimum Gasteiger partial charge on any atom is -0.496 e. The fraction of sp³-hybridized carbons (Fsp3) is 0.600. The molecular formula is C20H27N3O5. The highest BCUT2D eigenvalue weighted by molar-refractivity contribution is 5.97. The van der Waals surface area contributed by atoms with Gasteiger partial charge in [-0.25, -0.2) is 0 Å². The van der Waals surface area contributed by atoms with E-state index in [-0.39, 0.29) is 29.0 Å². The Morgan fingerprint density at radius 2 is 1.86 bits per heavy atom. The number of ether oxygens (including phenoxy) is 1. The number of nitrogens with zero attached hydrogens (tertiary/aromatic N) is 3. The van der Waals surface area contributed by atoms with Crippen LogP contribution in [0.25, 0.3) is 0 Å². The van der Waals surface area contributed by atoms with Crippen molar-refractivity contribution in [1.29, 1.82) is 0 Å². The molecule has 2 saturated heterocycles. The first-order valence-electron chi connectivity index (χ1n) is 9.81. The van der Waals surface area contributed by atoms with Crippen molar-refractivity contribution in [2.75, 3.05) is 33.3 Å². The van der Waals surface area contributed by atoms with E-state index < -0.39 is 4.92 Å². The third kappa shape index (κ3) is 4.26. The summed E-state index contributed by atoms with van der Waals surface area (Å²) in [6, 6.07) is 4.02. The maximum atomic E-state index is 12.9. The van der Waals surface area contributed by atoms with Crippen LogP contribution in [0.4, 0.5) is 5.69 Å². The first-order chi connectivity index (χ1) is 13.4. The van der Waals surface area contributed by atoms with Crippen molar-refractivity contribution in [3.8, 4) is 5.75 Å². The number of likely N-dealkylation sites (tertiary alicyclic amines) is 2. The van der Waals surface area contributed by atoms with Gasteiger partial charge in [0, 0.05) is 44.2 Å². The molecule has 2 heterocycles. The Balaban J connectivity index is 1.64. The zero-order valence-corrected chi connectivity index (χ0v) is 16.4. The van der Waals surface area contributed by atoms with Crippen LogP contribution in [-0.2, 0) is 4.79 Å². The van der Waals surface area contributed by atoms with Gasteiger partial charge in [-0.3, -0.25) is 19.7 Å². The summed E-state index contributed by atoms with van der Waals surface area (Å²) < 4.78 is 5.21. The molecular weight excluding hydrogens is 362 g/mol. The average molecular weight is 389 g/mol. The van der Waals surface area contributed by atoms with Crippen LogP contribution in [0.1, 0.15) is 43.0 Å². The smallest absolute Gasteiger partial charge is 0.270 e. The summed E-state index contributed by atoms with van der Waals surface area (Å²) in [6.45, 7) is 4.75. The highest BCUT2D eigenvalue weighted by atomic mass is 16.6. The second kappa shape index (κ2) is 8.58. The molecule has 0 N–H and O–H groups in total. The number of non-ortho nitro benzene ring substituents is 1. The van der Waals surface area contributed by atoms with Crippen LogP contribution in [0.2, 0.25) is 0 Å². The van der Waals surface area contributed by atoms with E-state index in [1.165, 1.54) is 31.7 Å². The van der Waals surface area contributed by atoms with E-state index in [1.807, 2.05) is 4.90 Å². The highest BCUT2D eigenvalue weighted by Gasteiger charge is 2.33. The molecule has 0 spiro atoms. The van der Waals surface area contributed by atoms with Gasteiger partial charge in [-0.1, -0.05) is 6.92 Å². The summed E-state index contributed by atoms with van der Waals surface area (Å²) in [5, 5.41) is 11.0. The largest absolute Gasteiger partial charge is 0.496 e. The summed E-state index contributed by atoms with van der Waals surface area (Å²) in [6.07, 6.45) is 3.46. The lowest BCUT2D eigenvalue weighted by molar-refractivity contribution is -0.384. The van der Waals surface area contributed by atoms with Crippen LogP contribution >= 0.6 is 0 Å². The van der Waals surface area contributed by atoms with Crippen LogP contribution < -0.4 is 4.74 Å². The molecule has 8 heteroatoms. The molecule has 0 bridgehead atoms. The molecule has 0 aliphatic carbocycles. The van der Waals surface area contributed by atoms with Crippen molar-refractivity contribution in [3.63, 3.8) is 0 Å². The van der Waals surface area contributed by atoms with E-state index in [9.17, 15) is 19.7 Å². The van der Waals surface area contributed by atoms with Crippen molar-refractivity contribution in [3.05, 3.63) is 33.9 Å². The number of nitro benzene ring substituents is 1. The molecule has 2 aliphatic heterocycles. The van der Waals surface area contributed by atoms with Crippen LogP contribution in [0.15, 0.2) is 18.2 Å². The van der Waals surface area contributed by atoms with Gasteiger partial charge in [-0.15, -0.1) is 0 Å². The number of hydrogen-bond acceptors (Lipinski definition) is 5. The van der Waals surface area contributed by atoms with E-state index in [1.54, 1.807) is 4.90 Å². The topological polar surface area (TPSA) is 93.0 Å². The van der Waals surface area contributed by atoms with E-state index in [2.05, 4.69) is 6.92 Å². The normalized spacial score (nSPS) is 20.7. The summed E-state index contributed by atoms with van der Waals surface area (Å²) in [7, 11) is 1.43. The molecule has 0 saturated carbocycles. The van der Waals surface area contributed by atoms with Crippen molar-refractivity contribution in [2.45, 2.75) is 32.6 Å². The Morgan fingerprint density at radius 1 is 1.14 bits per heavy atom. The Morgan fingerprint density at radius 3 is 2.46 bits per heavy atom. The molecule has 1 aromatic rings. The van der Waals surface area contributed by atoms with Crippen molar-refractivity contribution in [1.82, 2.24) is 9.80 Å². The van der Waals surface area contributed by atoms with Crippen molar-refractivity contribution in [2.24, 2.45) is 11.8 Å². The average Bonchev–Trinajstić information content (AvgIpc) is 2.72. The maximum absolute atomic E-state index is 12.9. The van der Waals surface area contributed by atoms with Crippen LogP contribution in [0.3, 0.4) is 0 Å².